The molecule has 0 radical (unpaired) electrons. The molecule has 3 rings (SSSR count). The largest absolute Gasteiger partial charge is 0.375 e. The zero-order valence-electron chi connectivity index (χ0n) is 11.2. The summed E-state index contributed by atoms with van der Waals surface area (Å²) in [6.07, 6.45) is 5.85. The number of anilines is 1. The van der Waals surface area contributed by atoms with E-state index in [-0.39, 0.29) is 18.5 Å². The van der Waals surface area contributed by atoms with Crippen molar-refractivity contribution >= 4 is 28.9 Å². The van der Waals surface area contributed by atoms with Gasteiger partial charge < -0.3 is 10.5 Å². The number of rotatable bonds is 3. The number of thiazole rings is 1. The molecule has 1 unspecified atom stereocenters. The minimum absolute atomic E-state index is 0. The van der Waals surface area contributed by atoms with Gasteiger partial charge in [-0.2, -0.15) is 5.10 Å². The lowest BCUT2D eigenvalue weighted by molar-refractivity contribution is -0.0326. The molecule has 1 saturated heterocycles. The Morgan fingerprint density at radius 2 is 2.35 bits per heavy atom. The maximum absolute atomic E-state index is 5.82. The third kappa shape index (κ3) is 3.49. The third-order valence-corrected chi connectivity index (χ3v) is 4.01. The quantitative estimate of drug-likeness (QED) is 0.928. The molecule has 0 aromatic carbocycles. The van der Waals surface area contributed by atoms with Crippen molar-refractivity contribution in [2.75, 3.05) is 25.4 Å². The molecule has 1 aliphatic rings. The summed E-state index contributed by atoms with van der Waals surface area (Å²) in [5, 5.41) is 4.83. The third-order valence-electron chi connectivity index (χ3n) is 3.20. The van der Waals surface area contributed by atoms with Crippen LogP contribution in [0.2, 0.25) is 0 Å². The van der Waals surface area contributed by atoms with Crippen LogP contribution in [0.3, 0.4) is 0 Å². The van der Waals surface area contributed by atoms with Gasteiger partial charge in [-0.1, -0.05) is 0 Å². The van der Waals surface area contributed by atoms with E-state index in [2.05, 4.69) is 15.0 Å². The fourth-order valence-corrected chi connectivity index (χ4v) is 3.00. The van der Waals surface area contributed by atoms with Gasteiger partial charge in [0, 0.05) is 49.5 Å². The Balaban J connectivity index is 0.00000147. The van der Waals surface area contributed by atoms with Crippen molar-refractivity contribution < 1.29 is 4.74 Å². The predicted molar refractivity (Wildman–Crippen MR) is 81.0 cm³/mol. The first kappa shape index (κ1) is 15.2. The minimum atomic E-state index is 0. The van der Waals surface area contributed by atoms with Crippen LogP contribution >= 0.6 is 23.7 Å². The monoisotopic (exact) mass is 315 g/mol. The highest BCUT2D eigenvalue weighted by Crippen LogP contribution is 2.24. The van der Waals surface area contributed by atoms with E-state index in [1.54, 1.807) is 11.3 Å². The minimum Gasteiger partial charge on any atom is -0.375 e. The number of nitrogens with zero attached hydrogens (tertiary/aromatic N) is 4. The second-order valence-corrected chi connectivity index (χ2v) is 5.85. The second-order valence-electron chi connectivity index (χ2n) is 4.71. The second kappa shape index (κ2) is 6.53. The van der Waals surface area contributed by atoms with Crippen molar-refractivity contribution in [1.82, 2.24) is 19.7 Å². The van der Waals surface area contributed by atoms with Crippen molar-refractivity contribution in [2.24, 2.45) is 7.05 Å². The van der Waals surface area contributed by atoms with E-state index >= 15 is 0 Å². The maximum atomic E-state index is 5.82. The fourth-order valence-electron chi connectivity index (χ4n) is 2.27. The molecule has 0 spiro atoms. The number of hydrogen-bond acceptors (Lipinski definition) is 6. The molecule has 110 valence electrons. The first-order valence-corrected chi connectivity index (χ1v) is 7.05. The summed E-state index contributed by atoms with van der Waals surface area (Å²) in [6.45, 7) is 3.45. The summed E-state index contributed by atoms with van der Waals surface area (Å²) in [7, 11) is 1.92. The van der Waals surface area contributed by atoms with Crippen molar-refractivity contribution in [2.45, 2.75) is 12.6 Å². The Kier molecular flexibility index (Phi) is 4.98. The van der Waals surface area contributed by atoms with Gasteiger partial charge in [-0.3, -0.25) is 9.58 Å². The molecule has 1 aliphatic heterocycles. The molecule has 1 atom stereocenters. The number of morpholine rings is 1. The number of nitrogens with two attached hydrogens (primary N) is 1. The topological polar surface area (TPSA) is 69.2 Å². The van der Waals surface area contributed by atoms with Gasteiger partial charge in [0.2, 0.25) is 0 Å². The molecular formula is C12H18ClN5OS. The molecule has 2 aromatic rings. The Morgan fingerprint density at radius 3 is 3.00 bits per heavy atom. The van der Waals surface area contributed by atoms with Crippen molar-refractivity contribution in [3.63, 3.8) is 0 Å². The highest BCUT2D eigenvalue weighted by atomic mass is 35.5. The lowest BCUT2D eigenvalue weighted by atomic mass is 10.1. The number of aryl methyl sites for hydroxylation is 1. The Morgan fingerprint density at radius 1 is 1.50 bits per heavy atom. The molecular weight excluding hydrogens is 298 g/mol. The van der Waals surface area contributed by atoms with Crippen molar-refractivity contribution in [3.05, 3.63) is 29.0 Å². The van der Waals surface area contributed by atoms with E-state index in [1.807, 2.05) is 30.3 Å². The van der Waals surface area contributed by atoms with Crippen LogP contribution in [0.25, 0.3) is 0 Å². The van der Waals surface area contributed by atoms with Gasteiger partial charge in [0.05, 0.1) is 18.9 Å². The van der Waals surface area contributed by atoms with E-state index in [1.165, 1.54) is 4.88 Å². The summed E-state index contributed by atoms with van der Waals surface area (Å²) in [5.41, 5.74) is 6.79. The van der Waals surface area contributed by atoms with E-state index in [0.717, 1.165) is 31.8 Å². The number of hydrogen-bond donors (Lipinski definition) is 1. The first-order valence-electron chi connectivity index (χ1n) is 6.23. The number of aromatic nitrogens is 3. The lowest BCUT2D eigenvalue weighted by Gasteiger charge is -2.32. The Bertz CT molecular complexity index is 558. The van der Waals surface area contributed by atoms with Crippen LogP contribution < -0.4 is 5.73 Å². The Labute approximate surface area is 128 Å². The molecule has 0 bridgehead atoms. The van der Waals surface area contributed by atoms with Gasteiger partial charge in [-0.05, 0) is 0 Å². The normalized spacial score (nSPS) is 19.8. The lowest BCUT2D eigenvalue weighted by Crippen LogP contribution is -2.37. The average Bonchev–Trinajstić information content (AvgIpc) is 2.99. The van der Waals surface area contributed by atoms with Crippen LogP contribution in [0.5, 0.6) is 0 Å². The smallest absolute Gasteiger partial charge is 0.180 e. The van der Waals surface area contributed by atoms with Crippen LogP contribution in [0.15, 0.2) is 18.6 Å². The van der Waals surface area contributed by atoms with Crippen LogP contribution in [-0.4, -0.2) is 39.4 Å². The predicted octanol–water partition coefficient (Wildman–Crippen LogP) is 1.45. The average molecular weight is 316 g/mol. The summed E-state index contributed by atoms with van der Waals surface area (Å²) in [4.78, 5) is 7.66. The molecule has 2 N–H and O–H groups in total. The van der Waals surface area contributed by atoms with E-state index in [4.69, 9.17) is 10.5 Å². The molecule has 0 amide bonds. The zero-order chi connectivity index (χ0) is 13.2. The zero-order valence-corrected chi connectivity index (χ0v) is 12.9. The van der Waals surface area contributed by atoms with Gasteiger partial charge >= 0.3 is 0 Å². The number of ether oxygens (including phenoxy) is 1. The highest BCUT2D eigenvalue weighted by molar-refractivity contribution is 7.15. The van der Waals surface area contributed by atoms with Gasteiger partial charge in [0.15, 0.2) is 5.13 Å². The van der Waals surface area contributed by atoms with Gasteiger partial charge in [0.25, 0.3) is 0 Å². The van der Waals surface area contributed by atoms with Crippen LogP contribution in [0.4, 0.5) is 5.13 Å². The van der Waals surface area contributed by atoms with Gasteiger partial charge in [0.1, 0.15) is 0 Å². The molecule has 6 nitrogen and oxygen atoms in total. The molecule has 8 heteroatoms. The molecule has 3 heterocycles. The maximum Gasteiger partial charge on any atom is 0.180 e. The Hall–Kier alpha value is -1.15. The molecule has 0 aliphatic carbocycles. The van der Waals surface area contributed by atoms with E-state index < -0.39 is 0 Å². The van der Waals surface area contributed by atoms with E-state index in [9.17, 15) is 0 Å². The standard InChI is InChI=1S/C12H17N5OS.ClH/c1-16-6-9(4-15-16)11-8-17(2-3-18-11)7-10-5-14-12(13)19-10;/h4-6,11H,2-3,7-8H2,1H3,(H2,13,14);1H. The molecule has 0 saturated carbocycles. The van der Waals surface area contributed by atoms with Gasteiger partial charge in [-0.25, -0.2) is 4.98 Å². The van der Waals surface area contributed by atoms with Crippen LogP contribution in [0.1, 0.15) is 16.5 Å². The van der Waals surface area contributed by atoms with Gasteiger partial charge in [-0.15, -0.1) is 23.7 Å². The number of nitrogen functional groups attached to an aromatic ring is 1. The first-order chi connectivity index (χ1) is 9.20. The SMILES string of the molecule is Cl.Cn1cc(C2CN(Cc3cnc(N)s3)CCO2)cn1. The molecule has 20 heavy (non-hydrogen) atoms. The summed E-state index contributed by atoms with van der Waals surface area (Å²) >= 11 is 1.55. The highest BCUT2D eigenvalue weighted by Gasteiger charge is 2.23. The van der Waals surface area contributed by atoms with Crippen molar-refractivity contribution in [1.29, 1.82) is 0 Å². The molecule has 2 aromatic heterocycles. The molecule has 1 fully saturated rings. The fraction of sp³-hybridized carbons (Fsp3) is 0.500. The van der Waals surface area contributed by atoms with E-state index in [0.29, 0.717) is 5.13 Å². The van der Waals surface area contributed by atoms with Crippen LogP contribution in [-0.2, 0) is 18.3 Å². The van der Waals surface area contributed by atoms with Crippen molar-refractivity contribution in [3.8, 4) is 0 Å². The number of halogens is 1. The van der Waals surface area contributed by atoms with Crippen LogP contribution in [0, 0.1) is 0 Å². The summed E-state index contributed by atoms with van der Waals surface area (Å²) in [5.74, 6) is 0. The summed E-state index contributed by atoms with van der Waals surface area (Å²) in [6, 6.07) is 0. The summed E-state index contributed by atoms with van der Waals surface area (Å²) < 4.78 is 7.63.